The molecule has 0 fully saturated rings. The number of nitrogens with zero attached hydrogens (tertiary/aromatic N) is 2. The minimum Gasteiger partial charge on any atom is -0.361 e. The number of hydrogen-bond acceptors (Lipinski definition) is 2. The van der Waals surface area contributed by atoms with Crippen molar-refractivity contribution in [3.63, 3.8) is 0 Å². The molecule has 4 heteroatoms. The highest BCUT2D eigenvalue weighted by atomic mass is 16.1. The highest BCUT2D eigenvalue weighted by Crippen LogP contribution is 2.04. The summed E-state index contributed by atoms with van der Waals surface area (Å²) >= 11 is 0. The first-order valence-corrected chi connectivity index (χ1v) is 4.52. The van der Waals surface area contributed by atoms with Crippen LogP contribution in [0.25, 0.3) is 5.53 Å². The topological polar surface area (TPSA) is 70.5 Å². The lowest BCUT2D eigenvalue weighted by Gasteiger charge is -1.96. The molecule has 4 nitrogen and oxygen atoms in total. The molecule has 0 aliphatic rings. The van der Waals surface area contributed by atoms with Gasteiger partial charge in [-0.2, -0.15) is 4.79 Å². The van der Waals surface area contributed by atoms with Crippen LogP contribution in [0, 0.1) is 0 Å². The lowest BCUT2D eigenvalue weighted by atomic mass is 10.1. The fourth-order valence-corrected chi connectivity index (χ4v) is 1.13. The van der Waals surface area contributed by atoms with Crippen molar-refractivity contribution in [2.75, 3.05) is 0 Å². The van der Waals surface area contributed by atoms with Crippen LogP contribution < -0.4 is 0 Å². The van der Waals surface area contributed by atoms with Crippen LogP contribution in [0.3, 0.4) is 0 Å². The van der Waals surface area contributed by atoms with Crippen LogP contribution in [0.5, 0.6) is 0 Å². The highest BCUT2D eigenvalue weighted by molar-refractivity contribution is 6.25. The van der Waals surface area contributed by atoms with Gasteiger partial charge in [-0.25, -0.2) is 0 Å². The zero-order valence-corrected chi connectivity index (χ0v) is 8.09. The van der Waals surface area contributed by atoms with Gasteiger partial charge in [0.1, 0.15) is 0 Å². The molecule has 76 valence electrons. The van der Waals surface area contributed by atoms with Crippen LogP contribution in [0.2, 0.25) is 0 Å². The van der Waals surface area contributed by atoms with Crippen LogP contribution in [0.1, 0.15) is 23.2 Å². The van der Waals surface area contributed by atoms with Crippen molar-refractivity contribution in [1.29, 1.82) is 0 Å². The smallest absolute Gasteiger partial charge is 0.323 e. The van der Waals surface area contributed by atoms with Crippen molar-refractivity contribution in [1.82, 2.24) is 0 Å². The molecule has 0 spiro atoms. The monoisotopic (exact) mass is 202 g/mol. The van der Waals surface area contributed by atoms with Gasteiger partial charge in [0.15, 0.2) is 5.78 Å². The molecule has 0 unspecified atom stereocenters. The van der Waals surface area contributed by atoms with E-state index < -0.39 is 0 Å². The van der Waals surface area contributed by atoms with Gasteiger partial charge in [-0.05, 0) is 0 Å². The molecule has 0 aromatic heterocycles. The van der Waals surface area contributed by atoms with Crippen molar-refractivity contribution in [2.24, 2.45) is 0 Å². The maximum Gasteiger partial charge on any atom is 0.323 e. The fourth-order valence-electron chi connectivity index (χ4n) is 1.13. The molecule has 0 amide bonds. The molecule has 0 bridgehead atoms. The number of carbonyl (C=O) groups is 2. The average molecular weight is 202 g/mol. The van der Waals surface area contributed by atoms with Gasteiger partial charge in [0.25, 0.3) is 0 Å². The summed E-state index contributed by atoms with van der Waals surface area (Å²) in [6.07, 6.45) is 1.00. The number of benzene rings is 1. The van der Waals surface area contributed by atoms with Crippen LogP contribution >= 0.6 is 0 Å². The molecule has 0 N–H and O–H groups in total. The minimum atomic E-state index is -0.359. The normalized spacial score (nSPS) is 9.07. The molecule has 1 aromatic rings. The molecule has 0 heterocycles. The molecule has 0 radical (unpaired) electrons. The summed E-state index contributed by atoms with van der Waals surface area (Å²) in [6.45, 7) is 0. The maximum absolute atomic E-state index is 11.5. The Labute approximate surface area is 87.2 Å². The number of Topliss-reactive ketones (excluding diaryl/α,β-unsaturated/α-hetero) is 2. The van der Waals surface area contributed by atoms with Crippen molar-refractivity contribution >= 4 is 17.8 Å². The largest absolute Gasteiger partial charge is 0.361 e. The number of hydrogen-bond donors (Lipinski definition) is 0. The van der Waals surface area contributed by atoms with Crippen LogP contribution in [0.15, 0.2) is 30.3 Å². The van der Waals surface area contributed by atoms with Gasteiger partial charge in [0.2, 0.25) is 5.78 Å². The van der Waals surface area contributed by atoms with E-state index in [4.69, 9.17) is 5.53 Å². The van der Waals surface area contributed by atoms with E-state index in [9.17, 15) is 9.59 Å². The van der Waals surface area contributed by atoms with Gasteiger partial charge in [-0.3, -0.25) is 9.59 Å². The third kappa shape index (κ3) is 3.67. The molecule has 1 rings (SSSR count). The van der Waals surface area contributed by atoms with E-state index in [2.05, 4.69) is 4.79 Å². The average Bonchev–Trinajstić information content (AvgIpc) is 2.27. The second-order valence-corrected chi connectivity index (χ2v) is 3.00. The minimum absolute atomic E-state index is 0.0672. The Balaban J connectivity index is 2.51. The molecule has 1 aromatic carbocycles. The van der Waals surface area contributed by atoms with Gasteiger partial charge in [-0.1, -0.05) is 30.3 Å². The summed E-state index contributed by atoms with van der Waals surface area (Å²) in [5.41, 5.74) is 8.67. The standard InChI is InChI=1S/C11H10N2O2/c12-13-8-10(14)6-7-11(15)9-4-2-1-3-5-9/h1-5,8H,6-7H2. The first-order valence-electron chi connectivity index (χ1n) is 4.52. The predicted octanol–water partition coefficient (Wildman–Crippen LogP) is 1.52. The van der Waals surface area contributed by atoms with Crippen molar-refractivity contribution in [2.45, 2.75) is 12.8 Å². The van der Waals surface area contributed by atoms with Crippen LogP contribution in [-0.4, -0.2) is 22.6 Å². The summed E-state index contributed by atoms with van der Waals surface area (Å²) in [6, 6.07) is 8.76. The zero-order valence-electron chi connectivity index (χ0n) is 8.09. The molecular formula is C11H10N2O2. The van der Waals surface area contributed by atoms with Gasteiger partial charge in [0, 0.05) is 18.4 Å². The Hall–Kier alpha value is -2.06. The zero-order chi connectivity index (χ0) is 11.1. The summed E-state index contributed by atoms with van der Waals surface area (Å²) in [5.74, 6) is -0.447. The van der Waals surface area contributed by atoms with Crippen LogP contribution in [0.4, 0.5) is 0 Å². The van der Waals surface area contributed by atoms with E-state index in [1.807, 2.05) is 6.07 Å². The Morgan fingerprint density at radius 2 is 1.87 bits per heavy atom. The quantitative estimate of drug-likeness (QED) is 0.314. The van der Waals surface area contributed by atoms with Crippen molar-refractivity contribution in [3.05, 3.63) is 41.4 Å². The number of rotatable bonds is 5. The van der Waals surface area contributed by atoms with Gasteiger partial charge < -0.3 is 5.53 Å². The summed E-state index contributed by atoms with van der Waals surface area (Å²) < 4.78 is 0. The lowest BCUT2D eigenvalue weighted by Crippen LogP contribution is -2.05. The second-order valence-electron chi connectivity index (χ2n) is 3.00. The molecule has 0 atom stereocenters. The van der Waals surface area contributed by atoms with E-state index >= 15 is 0 Å². The highest BCUT2D eigenvalue weighted by Gasteiger charge is 2.09. The van der Waals surface area contributed by atoms with Crippen LogP contribution in [-0.2, 0) is 4.79 Å². The SMILES string of the molecule is [N-]=[N+]=CC(=O)CCC(=O)c1ccccc1. The van der Waals surface area contributed by atoms with E-state index in [1.165, 1.54) is 0 Å². The van der Waals surface area contributed by atoms with Gasteiger partial charge >= 0.3 is 6.21 Å². The Morgan fingerprint density at radius 1 is 1.20 bits per heavy atom. The first-order chi connectivity index (χ1) is 7.24. The van der Waals surface area contributed by atoms with E-state index in [1.54, 1.807) is 24.3 Å². The number of ketones is 2. The Morgan fingerprint density at radius 3 is 2.47 bits per heavy atom. The Kier molecular flexibility index (Phi) is 4.13. The van der Waals surface area contributed by atoms with E-state index in [-0.39, 0.29) is 24.4 Å². The summed E-state index contributed by atoms with van der Waals surface area (Å²) in [4.78, 5) is 25.0. The summed E-state index contributed by atoms with van der Waals surface area (Å²) in [5, 5.41) is 0. The molecule has 0 aliphatic heterocycles. The summed E-state index contributed by atoms with van der Waals surface area (Å²) in [7, 11) is 0. The fraction of sp³-hybridized carbons (Fsp3) is 0.182. The maximum atomic E-state index is 11.5. The lowest BCUT2D eigenvalue weighted by molar-refractivity contribution is -0.116. The van der Waals surface area contributed by atoms with Gasteiger partial charge in [-0.15, -0.1) is 0 Å². The molecule has 0 saturated carbocycles. The first kappa shape index (κ1) is 11.0. The molecule has 0 saturated heterocycles. The molecule has 0 aliphatic carbocycles. The molecule has 15 heavy (non-hydrogen) atoms. The second kappa shape index (κ2) is 5.62. The third-order valence-corrected chi connectivity index (χ3v) is 1.90. The van der Waals surface area contributed by atoms with Gasteiger partial charge in [0.05, 0.1) is 0 Å². The number of carbonyl (C=O) groups excluding carboxylic acids is 2. The van der Waals surface area contributed by atoms with E-state index in [0.717, 1.165) is 6.21 Å². The predicted molar refractivity (Wildman–Crippen MR) is 54.7 cm³/mol. The Bertz CT molecular complexity index is 406. The third-order valence-electron chi connectivity index (χ3n) is 1.90. The van der Waals surface area contributed by atoms with E-state index in [0.29, 0.717) is 5.56 Å². The van der Waals surface area contributed by atoms with Crippen molar-refractivity contribution < 1.29 is 14.4 Å². The van der Waals surface area contributed by atoms with Crippen molar-refractivity contribution in [3.8, 4) is 0 Å². The molecular weight excluding hydrogens is 192 g/mol.